The molecule has 2 atom stereocenters. The largest absolute Gasteiger partial charge is 0.449 e. The number of rotatable bonds is 4. The molecule has 1 amide bonds. The van der Waals surface area contributed by atoms with Crippen molar-refractivity contribution in [3.8, 4) is 0 Å². The Labute approximate surface area is 90.7 Å². The summed E-state index contributed by atoms with van der Waals surface area (Å²) in [7, 11) is 0. The van der Waals surface area contributed by atoms with Crippen molar-refractivity contribution >= 4 is 6.09 Å². The van der Waals surface area contributed by atoms with Crippen LogP contribution in [0.4, 0.5) is 4.79 Å². The van der Waals surface area contributed by atoms with Gasteiger partial charge in [-0.15, -0.1) is 0 Å². The number of nitrogens with two attached hydrogens (primary N) is 2. The lowest BCUT2D eigenvalue weighted by Gasteiger charge is -2.22. The summed E-state index contributed by atoms with van der Waals surface area (Å²) < 4.78 is 5.12. The Kier molecular flexibility index (Phi) is 4.84. The van der Waals surface area contributed by atoms with Gasteiger partial charge in [0.1, 0.15) is 0 Å². The van der Waals surface area contributed by atoms with Gasteiger partial charge in [-0.3, -0.25) is 0 Å². The summed E-state index contributed by atoms with van der Waals surface area (Å²) in [5, 5.41) is 0. The summed E-state index contributed by atoms with van der Waals surface area (Å²) in [6, 6.07) is 0.0893. The van der Waals surface area contributed by atoms with Gasteiger partial charge in [0.2, 0.25) is 0 Å². The van der Waals surface area contributed by atoms with Crippen molar-refractivity contribution in [1.29, 1.82) is 0 Å². The molecule has 0 spiro atoms. The van der Waals surface area contributed by atoms with Crippen LogP contribution in [0.5, 0.6) is 0 Å². The number of unbranched alkanes of at least 4 members (excludes halogenated alkanes) is 1. The number of amides is 1. The average molecular weight is 215 g/mol. The van der Waals surface area contributed by atoms with Crippen molar-refractivity contribution in [2.75, 3.05) is 19.7 Å². The first kappa shape index (κ1) is 12.3. The SMILES string of the molecule is CCCCOC(=O)N1C[C@H](N)C[C@@H]1CN. The number of carbonyl (C=O) groups is 1. The zero-order chi connectivity index (χ0) is 11.3. The number of ether oxygens (including phenoxy) is 1. The summed E-state index contributed by atoms with van der Waals surface area (Å²) in [6.07, 6.45) is 2.43. The third-order valence-electron chi connectivity index (χ3n) is 2.68. The molecule has 88 valence electrons. The predicted molar refractivity (Wildman–Crippen MR) is 58.4 cm³/mol. The summed E-state index contributed by atoms with van der Waals surface area (Å²) in [4.78, 5) is 13.3. The van der Waals surface area contributed by atoms with Gasteiger partial charge >= 0.3 is 6.09 Å². The van der Waals surface area contributed by atoms with Crippen molar-refractivity contribution in [2.24, 2.45) is 11.5 Å². The molecule has 0 bridgehead atoms. The summed E-state index contributed by atoms with van der Waals surface area (Å²) >= 11 is 0. The summed E-state index contributed by atoms with van der Waals surface area (Å²) in [5.74, 6) is 0. The molecular weight excluding hydrogens is 194 g/mol. The second-order valence-electron chi connectivity index (χ2n) is 4.01. The molecule has 1 fully saturated rings. The van der Waals surface area contributed by atoms with Crippen LogP contribution in [0.15, 0.2) is 0 Å². The maximum Gasteiger partial charge on any atom is 0.410 e. The van der Waals surface area contributed by atoms with Gasteiger partial charge in [-0.25, -0.2) is 4.79 Å². The van der Waals surface area contributed by atoms with E-state index in [0.717, 1.165) is 19.3 Å². The van der Waals surface area contributed by atoms with E-state index in [2.05, 4.69) is 6.92 Å². The lowest BCUT2D eigenvalue weighted by atomic mass is 10.2. The molecule has 5 nitrogen and oxygen atoms in total. The maximum atomic E-state index is 11.6. The van der Waals surface area contributed by atoms with Crippen LogP contribution in [-0.4, -0.2) is 42.8 Å². The Bertz CT molecular complexity index is 211. The molecule has 15 heavy (non-hydrogen) atoms. The van der Waals surface area contributed by atoms with Gasteiger partial charge in [0, 0.05) is 25.2 Å². The van der Waals surface area contributed by atoms with Gasteiger partial charge in [-0.1, -0.05) is 13.3 Å². The van der Waals surface area contributed by atoms with Crippen molar-refractivity contribution in [3.63, 3.8) is 0 Å². The number of hydrogen-bond acceptors (Lipinski definition) is 4. The first-order valence-corrected chi connectivity index (χ1v) is 5.58. The highest BCUT2D eigenvalue weighted by atomic mass is 16.6. The van der Waals surface area contributed by atoms with Gasteiger partial charge in [-0.2, -0.15) is 0 Å². The van der Waals surface area contributed by atoms with Gasteiger partial charge in [-0.05, 0) is 12.8 Å². The van der Waals surface area contributed by atoms with E-state index in [-0.39, 0.29) is 18.2 Å². The number of likely N-dealkylation sites (tertiary alicyclic amines) is 1. The van der Waals surface area contributed by atoms with E-state index < -0.39 is 0 Å². The Morgan fingerprint density at radius 2 is 2.33 bits per heavy atom. The fourth-order valence-corrected chi connectivity index (χ4v) is 1.79. The maximum absolute atomic E-state index is 11.6. The van der Waals surface area contributed by atoms with Crippen LogP contribution in [0, 0.1) is 0 Å². The molecule has 0 aromatic rings. The third kappa shape index (κ3) is 3.35. The minimum Gasteiger partial charge on any atom is -0.449 e. The van der Waals surface area contributed by atoms with Crippen molar-refractivity contribution in [3.05, 3.63) is 0 Å². The van der Waals surface area contributed by atoms with Gasteiger partial charge < -0.3 is 21.1 Å². The van der Waals surface area contributed by atoms with Crippen LogP contribution < -0.4 is 11.5 Å². The lowest BCUT2D eigenvalue weighted by molar-refractivity contribution is 0.0976. The first-order chi connectivity index (χ1) is 7.19. The molecule has 1 aliphatic heterocycles. The van der Waals surface area contributed by atoms with Gasteiger partial charge in [0.05, 0.1) is 6.61 Å². The summed E-state index contributed by atoms with van der Waals surface area (Å²) in [6.45, 7) is 3.56. The lowest BCUT2D eigenvalue weighted by Crippen LogP contribution is -2.40. The molecule has 1 heterocycles. The smallest absolute Gasteiger partial charge is 0.410 e. The van der Waals surface area contributed by atoms with E-state index in [1.807, 2.05) is 0 Å². The number of hydrogen-bond donors (Lipinski definition) is 2. The molecule has 0 saturated carbocycles. The molecule has 1 rings (SSSR count). The molecule has 5 heteroatoms. The molecule has 1 saturated heterocycles. The van der Waals surface area contributed by atoms with Crippen LogP contribution in [0.1, 0.15) is 26.2 Å². The Morgan fingerprint density at radius 3 is 2.93 bits per heavy atom. The Hall–Kier alpha value is -0.810. The fraction of sp³-hybridized carbons (Fsp3) is 0.900. The van der Waals surface area contributed by atoms with Crippen molar-refractivity contribution < 1.29 is 9.53 Å². The van der Waals surface area contributed by atoms with E-state index in [4.69, 9.17) is 16.2 Å². The topological polar surface area (TPSA) is 81.6 Å². The van der Waals surface area contributed by atoms with Crippen LogP contribution in [0.25, 0.3) is 0 Å². The molecule has 0 unspecified atom stereocenters. The second-order valence-corrected chi connectivity index (χ2v) is 4.01. The van der Waals surface area contributed by atoms with Gasteiger partial charge in [0.15, 0.2) is 0 Å². The van der Waals surface area contributed by atoms with Crippen LogP contribution >= 0.6 is 0 Å². The minimum absolute atomic E-state index is 0.0391. The standard InChI is InChI=1S/C10H21N3O2/c1-2-3-4-15-10(14)13-7-8(12)5-9(13)6-11/h8-9H,2-7,11-12H2,1H3/t8-,9-/m1/s1. The molecule has 4 N–H and O–H groups in total. The van der Waals surface area contributed by atoms with Crippen molar-refractivity contribution in [1.82, 2.24) is 4.90 Å². The molecule has 1 aliphatic rings. The van der Waals surface area contributed by atoms with Crippen LogP contribution in [-0.2, 0) is 4.74 Å². The van der Waals surface area contributed by atoms with Crippen molar-refractivity contribution in [2.45, 2.75) is 38.3 Å². The first-order valence-electron chi connectivity index (χ1n) is 5.58. The predicted octanol–water partition coefficient (Wildman–Crippen LogP) is 0.283. The normalized spacial score (nSPS) is 25.7. The molecule has 0 radical (unpaired) electrons. The zero-order valence-corrected chi connectivity index (χ0v) is 9.32. The number of carbonyl (C=O) groups excluding carboxylic acids is 1. The van der Waals surface area contributed by atoms with E-state index in [1.165, 1.54) is 0 Å². The van der Waals surface area contributed by atoms with E-state index in [1.54, 1.807) is 4.90 Å². The van der Waals surface area contributed by atoms with E-state index >= 15 is 0 Å². The summed E-state index contributed by atoms with van der Waals surface area (Å²) in [5.41, 5.74) is 11.4. The van der Waals surface area contributed by atoms with Gasteiger partial charge in [0.25, 0.3) is 0 Å². The Balaban J connectivity index is 2.37. The fourth-order valence-electron chi connectivity index (χ4n) is 1.79. The third-order valence-corrected chi connectivity index (χ3v) is 2.68. The van der Waals surface area contributed by atoms with E-state index in [0.29, 0.717) is 19.7 Å². The highest BCUT2D eigenvalue weighted by Crippen LogP contribution is 2.16. The van der Waals surface area contributed by atoms with Crippen LogP contribution in [0.2, 0.25) is 0 Å². The molecule has 0 aliphatic carbocycles. The second kappa shape index (κ2) is 5.92. The zero-order valence-electron chi connectivity index (χ0n) is 9.32. The molecular formula is C10H21N3O2. The highest BCUT2D eigenvalue weighted by molar-refractivity contribution is 5.68. The molecule has 0 aromatic carbocycles. The van der Waals surface area contributed by atoms with E-state index in [9.17, 15) is 4.79 Å². The highest BCUT2D eigenvalue weighted by Gasteiger charge is 2.33. The quantitative estimate of drug-likeness (QED) is 0.660. The Morgan fingerprint density at radius 1 is 1.60 bits per heavy atom. The minimum atomic E-state index is -0.271. The average Bonchev–Trinajstić information content (AvgIpc) is 2.60. The monoisotopic (exact) mass is 215 g/mol. The number of nitrogens with zero attached hydrogens (tertiary/aromatic N) is 1. The molecule has 0 aromatic heterocycles. The van der Waals surface area contributed by atoms with Crippen LogP contribution in [0.3, 0.4) is 0 Å².